The first-order valence-electron chi connectivity index (χ1n) is 8.98. The van der Waals surface area contributed by atoms with Crippen molar-refractivity contribution in [2.45, 2.75) is 33.9 Å². The zero-order chi connectivity index (χ0) is 18.3. The van der Waals surface area contributed by atoms with Crippen LogP contribution in [0.25, 0.3) is 33.4 Å². The number of aromatic nitrogens is 4. The second kappa shape index (κ2) is 6.33. The Kier molecular flexibility index (Phi) is 3.99. The number of nitrogens with zero attached hydrogens (tertiary/aromatic N) is 3. The van der Waals surface area contributed by atoms with Crippen LogP contribution in [-0.2, 0) is 13.1 Å². The van der Waals surface area contributed by atoms with Gasteiger partial charge in [0.15, 0.2) is 0 Å². The molecule has 5 nitrogen and oxygen atoms in total. The molecule has 4 aromatic rings. The standard InChI is InChI=1S/C21H22N4O/c1-4-24-18-10-9-15(12-19(18)25(5-2)21(24)26)17-13-22-23-20(17)16-8-6-7-14(3)11-16/h6-13H,4-5H2,1-3H3,(H,22,23). The van der Waals surface area contributed by atoms with Gasteiger partial charge >= 0.3 is 5.69 Å². The number of nitrogens with one attached hydrogen (secondary N) is 1. The largest absolute Gasteiger partial charge is 0.329 e. The van der Waals surface area contributed by atoms with Gasteiger partial charge in [-0.1, -0.05) is 29.8 Å². The van der Waals surface area contributed by atoms with E-state index in [0.717, 1.165) is 33.4 Å². The molecule has 0 fully saturated rings. The summed E-state index contributed by atoms with van der Waals surface area (Å²) in [5.41, 5.74) is 7.29. The first-order chi connectivity index (χ1) is 12.6. The van der Waals surface area contributed by atoms with Crippen molar-refractivity contribution in [3.63, 3.8) is 0 Å². The van der Waals surface area contributed by atoms with E-state index < -0.39 is 0 Å². The third-order valence-electron chi connectivity index (χ3n) is 4.89. The van der Waals surface area contributed by atoms with Crippen molar-refractivity contribution in [2.24, 2.45) is 0 Å². The van der Waals surface area contributed by atoms with E-state index in [0.29, 0.717) is 13.1 Å². The van der Waals surface area contributed by atoms with Crippen molar-refractivity contribution in [1.82, 2.24) is 19.3 Å². The molecule has 0 saturated carbocycles. The van der Waals surface area contributed by atoms with Crippen molar-refractivity contribution >= 4 is 11.0 Å². The Labute approximate surface area is 151 Å². The quantitative estimate of drug-likeness (QED) is 0.602. The van der Waals surface area contributed by atoms with Crippen molar-refractivity contribution in [2.75, 3.05) is 0 Å². The number of hydrogen-bond acceptors (Lipinski definition) is 2. The van der Waals surface area contributed by atoms with E-state index in [9.17, 15) is 4.79 Å². The van der Waals surface area contributed by atoms with E-state index in [1.807, 2.05) is 41.3 Å². The summed E-state index contributed by atoms with van der Waals surface area (Å²) in [6.45, 7) is 7.41. The summed E-state index contributed by atoms with van der Waals surface area (Å²) in [6, 6.07) is 14.5. The molecular weight excluding hydrogens is 324 g/mol. The summed E-state index contributed by atoms with van der Waals surface area (Å²) in [5.74, 6) is 0. The fraction of sp³-hybridized carbons (Fsp3) is 0.238. The van der Waals surface area contributed by atoms with E-state index in [-0.39, 0.29) is 5.69 Å². The molecule has 0 aliphatic heterocycles. The van der Waals surface area contributed by atoms with E-state index in [1.54, 1.807) is 0 Å². The summed E-state index contributed by atoms with van der Waals surface area (Å²) in [6.07, 6.45) is 1.92. The molecule has 2 aromatic heterocycles. The monoisotopic (exact) mass is 346 g/mol. The van der Waals surface area contributed by atoms with Crippen LogP contribution in [0.4, 0.5) is 0 Å². The van der Waals surface area contributed by atoms with Gasteiger partial charge in [-0.25, -0.2) is 4.79 Å². The molecule has 0 spiro atoms. The number of H-pyrrole nitrogens is 1. The lowest BCUT2D eigenvalue weighted by molar-refractivity contribution is 0.671. The number of aryl methyl sites for hydroxylation is 3. The van der Waals surface area contributed by atoms with E-state index in [4.69, 9.17) is 0 Å². The number of hydrogen-bond donors (Lipinski definition) is 1. The molecule has 5 heteroatoms. The van der Waals surface area contributed by atoms with Crippen molar-refractivity contribution in [1.29, 1.82) is 0 Å². The predicted octanol–water partition coefficient (Wildman–Crippen LogP) is 4.21. The van der Waals surface area contributed by atoms with E-state index >= 15 is 0 Å². The molecule has 1 N–H and O–H groups in total. The fourth-order valence-corrected chi connectivity index (χ4v) is 3.62. The van der Waals surface area contributed by atoms with Crippen LogP contribution in [-0.4, -0.2) is 19.3 Å². The molecule has 0 radical (unpaired) electrons. The molecule has 0 unspecified atom stereocenters. The number of fused-ring (bicyclic) bond motifs is 1. The predicted molar refractivity (Wildman–Crippen MR) is 105 cm³/mol. The topological polar surface area (TPSA) is 55.6 Å². The molecule has 2 aromatic carbocycles. The third-order valence-corrected chi connectivity index (χ3v) is 4.89. The van der Waals surface area contributed by atoms with Crippen molar-refractivity contribution < 1.29 is 0 Å². The number of rotatable bonds is 4. The summed E-state index contributed by atoms with van der Waals surface area (Å²) in [5, 5.41) is 7.46. The van der Waals surface area contributed by atoms with Gasteiger partial charge in [0.2, 0.25) is 0 Å². The highest BCUT2D eigenvalue weighted by Gasteiger charge is 2.15. The minimum absolute atomic E-state index is 0.0493. The highest BCUT2D eigenvalue weighted by atomic mass is 16.1. The van der Waals surface area contributed by atoms with Crippen LogP contribution in [0.15, 0.2) is 53.5 Å². The zero-order valence-electron chi connectivity index (χ0n) is 15.3. The van der Waals surface area contributed by atoms with Crippen LogP contribution in [0.3, 0.4) is 0 Å². The van der Waals surface area contributed by atoms with Gasteiger partial charge in [-0.3, -0.25) is 14.2 Å². The molecule has 0 bridgehead atoms. The maximum atomic E-state index is 12.6. The maximum Gasteiger partial charge on any atom is 0.329 e. The Balaban J connectivity index is 1.92. The van der Waals surface area contributed by atoms with Crippen molar-refractivity contribution in [3.05, 3.63) is 64.7 Å². The first kappa shape index (κ1) is 16.4. The molecule has 0 aliphatic rings. The van der Waals surface area contributed by atoms with E-state index in [1.165, 1.54) is 5.56 Å². The Bertz CT molecular complexity index is 1150. The van der Waals surface area contributed by atoms with E-state index in [2.05, 4.69) is 47.5 Å². The average molecular weight is 346 g/mol. The number of benzene rings is 2. The highest BCUT2D eigenvalue weighted by Crippen LogP contribution is 2.32. The first-order valence-corrected chi connectivity index (χ1v) is 8.98. The minimum atomic E-state index is 0.0493. The second-order valence-corrected chi connectivity index (χ2v) is 6.49. The van der Waals surface area contributed by atoms with Crippen LogP contribution >= 0.6 is 0 Å². The number of aromatic amines is 1. The molecule has 4 rings (SSSR count). The molecule has 0 atom stereocenters. The van der Waals surface area contributed by atoms with Crippen LogP contribution in [0.1, 0.15) is 19.4 Å². The average Bonchev–Trinajstić information content (AvgIpc) is 3.23. The smallest absolute Gasteiger partial charge is 0.292 e. The lowest BCUT2D eigenvalue weighted by Crippen LogP contribution is -2.22. The normalized spacial score (nSPS) is 11.3. The Morgan fingerprint density at radius 1 is 0.962 bits per heavy atom. The molecule has 0 amide bonds. The maximum absolute atomic E-state index is 12.6. The molecular formula is C21H22N4O. The van der Waals surface area contributed by atoms with Gasteiger partial charge in [-0.2, -0.15) is 5.10 Å². The molecule has 132 valence electrons. The van der Waals surface area contributed by atoms with Gasteiger partial charge in [-0.05, 0) is 44.5 Å². The highest BCUT2D eigenvalue weighted by molar-refractivity contribution is 5.87. The number of imidazole rings is 1. The summed E-state index contributed by atoms with van der Waals surface area (Å²) < 4.78 is 3.65. The van der Waals surface area contributed by atoms with Crippen LogP contribution in [0, 0.1) is 6.92 Å². The summed E-state index contributed by atoms with van der Waals surface area (Å²) >= 11 is 0. The van der Waals surface area contributed by atoms with Gasteiger partial charge < -0.3 is 0 Å². The van der Waals surface area contributed by atoms with Crippen LogP contribution in [0.5, 0.6) is 0 Å². The van der Waals surface area contributed by atoms with Gasteiger partial charge in [0.05, 0.1) is 16.7 Å². The second-order valence-electron chi connectivity index (χ2n) is 6.49. The van der Waals surface area contributed by atoms with Gasteiger partial charge in [-0.15, -0.1) is 0 Å². The van der Waals surface area contributed by atoms with Crippen molar-refractivity contribution in [3.8, 4) is 22.4 Å². The third kappa shape index (κ3) is 2.47. The fourth-order valence-electron chi connectivity index (χ4n) is 3.62. The van der Waals surface area contributed by atoms with Crippen LogP contribution in [0.2, 0.25) is 0 Å². The summed E-state index contributed by atoms with van der Waals surface area (Å²) in [7, 11) is 0. The molecule has 2 heterocycles. The van der Waals surface area contributed by atoms with Crippen LogP contribution < -0.4 is 5.69 Å². The summed E-state index contributed by atoms with van der Waals surface area (Å²) in [4.78, 5) is 12.6. The lowest BCUT2D eigenvalue weighted by atomic mass is 10.0. The van der Waals surface area contributed by atoms with Gasteiger partial charge in [0.1, 0.15) is 0 Å². The zero-order valence-corrected chi connectivity index (χ0v) is 15.3. The SMILES string of the molecule is CCn1c(=O)n(CC)c2cc(-c3c[nH]nc3-c3cccc(C)c3)ccc21. The minimum Gasteiger partial charge on any atom is -0.292 e. The lowest BCUT2D eigenvalue weighted by Gasteiger charge is -2.06. The Hall–Kier alpha value is -3.08. The molecule has 0 aliphatic carbocycles. The Morgan fingerprint density at radius 2 is 1.73 bits per heavy atom. The van der Waals surface area contributed by atoms with Gasteiger partial charge in [0, 0.05) is 30.4 Å². The molecule has 0 saturated heterocycles. The van der Waals surface area contributed by atoms with Gasteiger partial charge in [0.25, 0.3) is 0 Å². The molecule has 26 heavy (non-hydrogen) atoms. The Morgan fingerprint density at radius 3 is 2.46 bits per heavy atom.